The average molecular weight is 371 g/mol. The van der Waals surface area contributed by atoms with Crippen molar-refractivity contribution in [1.29, 1.82) is 0 Å². The standard InChI is InChI=1S/C22H34N4O/c1-8-15(9-2)27-22-21(23-7)26-20(18(11-4)25-22)16-12-13-19(14(5)6)24-17(16)10-3/h12-15H,8-11H2,1-7H3,(H,23,26). The molecule has 148 valence electrons. The second-order valence-electron chi connectivity index (χ2n) is 7.07. The van der Waals surface area contributed by atoms with Crippen LogP contribution in [0.15, 0.2) is 12.1 Å². The highest BCUT2D eigenvalue weighted by Gasteiger charge is 2.19. The molecule has 2 aromatic heterocycles. The first kappa shape index (κ1) is 21.1. The van der Waals surface area contributed by atoms with Crippen LogP contribution in [-0.2, 0) is 12.8 Å². The van der Waals surface area contributed by atoms with Gasteiger partial charge in [-0.1, -0.05) is 41.5 Å². The van der Waals surface area contributed by atoms with Gasteiger partial charge in [-0.2, -0.15) is 0 Å². The number of hydrogen-bond donors (Lipinski definition) is 1. The summed E-state index contributed by atoms with van der Waals surface area (Å²) in [5, 5.41) is 3.16. The first-order valence-electron chi connectivity index (χ1n) is 10.2. The minimum absolute atomic E-state index is 0.153. The molecule has 0 saturated heterocycles. The minimum atomic E-state index is 0.153. The summed E-state index contributed by atoms with van der Waals surface area (Å²) < 4.78 is 6.12. The van der Waals surface area contributed by atoms with Gasteiger partial charge in [-0.25, -0.2) is 9.97 Å². The van der Waals surface area contributed by atoms with E-state index in [-0.39, 0.29) is 6.10 Å². The zero-order valence-corrected chi connectivity index (χ0v) is 17.9. The Balaban J connectivity index is 2.57. The van der Waals surface area contributed by atoms with Crippen LogP contribution in [0.1, 0.15) is 77.4 Å². The maximum atomic E-state index is 6.12. The molecule has 0 fully saturated rings. The third-order valence-corrected chi connectivity index (χ3v) is 4.87. The van der Waals surface area contributed by atoms with E-state index < -0.39 is 0 Å². The molecule has 0 saturated carbocycles. The van der Waals surface area contributed by atoms with Gasteiger partial charge in [0.05, 0.1) is 11.4 Å². The smallest absolute Gasteiger partial charge is 0.257 e. The van der Waals surface area contributed by atoms with Crippen LogP contribution >= 0.6 is 0 Å². The molecule has 27 heavy (non-hydrogen) atoms. The Kier molecular flexibility index (Phi) is 7.57. The van der Waals surface area contributed by atoms with Crippen molar-refractivity contribution in [2.24, 2.45) is 0 Å². The van der Waals surface area contributed by atoms with Crippen molar-refractivity contribution in [2.45, 2.75) is 79.2 Å². The monoisotopic (exact) mass is 370 g/mol. The largest absolute Gasteiger partial charge is 0.472 e. The SMILES string of the molecule is CCc1nc(C(C)C)ccc1-c1nc(NC)c(OC(CC)CC)nc1CC. The fourth-order valence-electron chi connectivity index (χ4n) is 3.10. The number of hydrogen-bond acceptors (Lipinski definition) is 5. The summed E-state index contributed by atoms with van der Waals surface area (Å²) in [4.78, 5) is 14.6. The molecule has 0 atom stereocenters. The van der Waals surface area contributed by atoms with Crippen LogP contribution in [0, 0.1) is 0 Å². The maximum absolute atomic E-state index is 6.12. The molecule has 0 amide bonds. The lowest BCUT2D eigenvalue weighted by molar-refractivity contribution is 0.185. The summed E-state index contributed by atoms with van der Waals surface area (Å²) in [6.07, 6.45) is 3.71. The number of nitrogens with one attached hydrogen (secondary N) is 1. The van der Waals surface area contributed by atoms with Crippen molar-refractivity contribution in [2.75, 3.05) is 12.4 Å². The van der Waals surface area contributed by atoms with Crippen molar-refractivity contribution in [3.05, 3.63) is 29.2 Å². The molecule has 0 aliphatic heterocycles. The van der Waals surface area contributed by atoms with E-state index in [2.05, 4.69) is 59.0 Å². The highest BCUT2D eigenvalue weighted by atomic mass is 16.5. The summed E-state index contributed by atoms with van der Waals surface area (Å²) in [6, 6.07) is 4.25. The zero-order valence-electron chi connectivity index (χ0n) is 17.9. The van der Waals surface area contributed by atoms with Gasteiger partial charge < -0.3 is 10.1 Å². The predicted octanol–water partition coefficient (Wildman–Crippen LogP) is 5.40. The van der Waals surface area contributed by atoms with Crippen molar-refractivity contribution in [1.82, 2.24) is 15.0 Å². The number of aromatic nitrogens is 3. The van der Waals surface area contributed by atoms with E-state index in [1.807, 2.05) is 7.05 Å². The molecule has 2 rings (SSSR count). The first-order valence-corrected chi connectivity index (χ1v) is 10.2. The lowest BCUT2D eigenvalue weighted by Crippen LogP contribution is -2.17. The maximum Gasteiger partial charge on any atom is 0.257 e. The molecule has 5 nitrogen and oxygen atoms in total. The zero-order chi connectivity index (χ0) is 20.0. The molecule has 0 aromatic carbocycles. The molecule has 2 aromatic rings. The molecule has 0 bridgehead atoms. The Morgan fingerprint density at radius 1 is 0.926 bits per heavy atom. The van der Waals surface area contributed by atoms with Gasteiger partial charge in [0.15, 0.2) is 5.82 Å². The van der Waals surface area contributed by atoms with E-state index in [4.69, 9.17) is 19.7 Å². The highest BCUT2D eigenvalue weighted by molar-refractivity contribution is 5.67. The van der Waals surface area contributed by atoms with Gasteiger partial charge in [-0.15, -0.1) is 0 Å². The Labute approximate surface area is 164 Å². The van der Waals surface area contributed by atoms with E-state index in [1.54, 1.807) is 0 Å². The third kappa shape index (κ3) is 4.76. The van der Waals surface area contributed by atoms with E-state index in [1.165, 1.54) is 0 Å². The molecule has 0 spiro atoms. The van der Waals surface area contributed by atoms with Gasteiger partial charge in [0.25, 0.3) is 5.88 Å². The predicted molar refractivity (Wildman–Crippen MR) is 113 cm³/mol. The van der Waals surface area contributed by atoms with Crippen LogP contribution in [0.2, 0.25) is 0 Å². The third-order valence-electron chi connectivity index (χ3n) is 4.87. The van der Waals surface area contributed by atoms with Gasteiger partial charge in [0.1, 0.15) is 6.10 Å². The molecule has 5 heteroatoms. The van der Waals surface area contributed by atoms with Gasteiger partial charge in [-0.05, 0) is 43.7 Å². The summed E-state index contributed by atoms with van der Waals surface area (Å²) in [5.74, 6) is 1.69. The normalized spacial score (nSPS) is 11.3. The quantitative estimate of drug-likeness (QED) is 0.641. The highest BCUT2D eigenvalue weighted by Crippen LogP contribution is 2.31. The molecule has 0 unspecified atom stereocenters. The topological polar surface area (TPSA) is 59.9 Å². The summed E-state index contributed by atoms with van der Waals surface area (Å²) >= 11 is 0. The van der Waals surface area contributed by atoms with Crippen LogP contribution < -0.4 is 10.1 Å². The van der Waals surface area contributed by atoms with Crippen molar-refractivity contribution in [3.63, 3.8) is 0 Å². The number of rotatable bonds is 9. The van der Waals surface area contributed by atoms with E-state index in [0.29, 0.717) is 17.6 Å². The van der Waals surface area contributed by atoms with Crippen LogP contribution in [0.3, 0.4) is 0 Å². The fourth-order valence-corrected chi connectivity index (χ4v) is 3.10. The second kappa shape index (κ2) is 9.67. The number of ether oxygens (including phenoxy) is 1. The van der Waals surface area contributed by atoms with E-state index in [0.717, 1.165) is 54.0 Å². The Morgan fingerprint density at radius 2 is 1.59 bits per heavy atom. The average Bonchev–Trinajstić information content (AvgIpc) is 2.70. The van der Waals surface area contributed by atoms with Crippen molar-refractivity contribution >= 4 is 5.82 Å². The molecule has 1 N–H and O–H groups in total. The fraction of sp³-hybridized carbons (Fsp3) is 0.591. The number of pyridine rings is 1. The molecule has 0 radical (unpaired) electrons. The van der Waals surface area contributed by atoms with Crippen LogP contribution in [-0.4, -0.2) is 28.1 Å². The van der Waals surface area contributed by atoms with Crippen LogP contribution in [0.4, 0.5) is 5.82 Å². The molecular weight excluding hydrogens is 336 g/mol. The molecular formula is C22H34N4O. The number of aryl methyl sites for hydroxylation is 2. The lowest BCUT2D eigenvalue weighted by atomic mass is 10.0. The summed E-state index contributed by atoms with van der Waals surface area (Å²) in [6.45, 7) is 12.8. The Bertz CT molecular complexity index is 754. The van der Waals surface area contributed by atoms with Crippen LogP contribution in [0.5, 0.6) is 5.88 Å². The first-order chi connectivity index (χ1) is 13.0. The van der Waals surface area contributed by atoms with Crippen molar-refractivity contribution < 1.29 is 4.74 Å². The Hall–Kier alpha value is -2.17. The Morgan fingerprint density at radius 3 is 2.11 bits per heavy atom. The molecule has 2 heterocycles. The summed E-state index contributed by atoms with van der Waals surface area (Å²) in [5.41, 5.74) is 5.10. The van der Waals surface area contributed by atoms with Gasteiger partial charge in [-0.3, -0.25) is 4.98 Å². The minimum Gasteiger partial charge on any atom is -0.472 e. The van der Waals surface area contributed by atoms with Gasteiger partial charge in [0, 0.05) is 24.0 Å². The number of anilines is 1. The second-order valence-corrected chi connectivity index (χ2v) is 7.07. The lowest BCUT2D eigenvalue weighted by Gasteiger charge is -2.19. The number of nitrogens with zero attached hydrogens (tertiary/aromatic N) is 3. The molecule has 0 aliphatic carbocycles. The van der Waals surface area contributed by atoms with E-state index >= 15 is 0 Å². The molecule has 0 aliphatic rings. The van der Waals surface area contributed by atoms with E-state index in [9.17, 15) is 0 Å². The summed E-state index contributed by atoms with van der Waals surface area (Å²) in [7, 11) is 1.86. The van der Waals surface area contributed by atoms with Gasteiger partial charge in [0.2, 0.25) is 0 Å². The van der Waals surface area contributed by atoms with Crippen molar-refractivity contribution in [3.8, 4) is 17.1 Å². The van der Waals surface area contributed by atoms with Gasteiger partial charge >= 0.3 is 0 Å². The van der Waals surface area contributed by atoms with Crippen LogP contribution in [0.25, 0.3) is 11.3 Å².